The smallest absolute Gasteiger partial charge is 0.418 e. The van der Waals surface area contributed by atoms with Crippen molar-refractivity contribution in [1.29, 1.82) is 0 Å². The quantitative estimate of drug-likeness (QED) is 0.285. The van der Waals surface area contributed by atoms with Gasteiger partial charge in [-0.1, -0.05) is 25.0 Å². The van der Waals surface area contributed by atoms with Crippen LogP contribution in [-0.4, -0.2) is 93.0 Å². The van der Waals surface area contributed by atoms with Crippen molar-refractivity contribution in [3.8, 4) is 0 Å². The van der Waals surface area contributed by atoms with Crippen molar-refractivity contribution in [2.75, 3.05) is 13.2 Å². The summed E-state index contributed by atoms with van der Waals surface area (Å²) in [7, 11) is 0. The average molecular weight is 594 g/mol. The molecule has 5 atom stereocenters. The molecule has 0 radical (unpaired) electrons. The third-order valence-corrected chi connectivity index (χ3v) is 7.38. The Morgan fingerprint density at radius 2 is 1.69 bits per heavy atom. The molecule has 0 bridgehead atoms. The molecule has 2 N–H and O–H groups in total. The summed E-state index contributed by atoms with van der Waals surface area (Å²) in [5.41, 5.74) is -3.42. The molecule has 0 aromatic carbocycles. The van der Waals surface area contributed by atoms with Gasteiger partial charge in [-0.15, -0.1) is 0 Å². The minimum absolute atomic E-state index is 0.0398. The number of imide groups is 1. The van der Waals surface area contributed by atoms with Gasteiger partial charge in [-0.2, -0.15) is 0 Å². The second-order valence-electron chi connectivity index (χ2n) is 13.3. The lowest BCUT2D eigenvalue weighted by atomic mass is 10.0. The fourth-order valence-corrected chi connectivity index (χ4v) is 5.50. The largest absolute Gasteiger partial charge is 0.464 e. The first kappa shape index (κ1) is 33.4. The highest BCUT2D eigenvalue weighted by atomic mass is 16.6. The van der Waals surface area contributed by atoms with Gasteiger partial charge in [-0.25, -0.2) is 19.3 Å². The van der Waals surface area contributed by atoms with Crippen LogP contribution in [0.5, 0.6) is 0 Å². The van der Waals surface area contributed by atoms with Gasteiger partial charge in [0, 0.05) is 18.9 Å². The summed E-state index contributed by atoms with van der Waals surface area (Å²) in [5.74, 6) is -2.64. The first-order valence-electron chi connectivity index (χ1n) is 14.9. The number of rotatable bonds is 3. The van der Waals surface area contributed by atoms with E-state index in [1.54, 1.807) is 48.5 Å². The molecule has 0 aromatic heterocycles. The van der Waals surface area contributed by atoms with Crippen molar-refractivity contribution in [3.05, 3.63) is 12.2 Å². The van der Waals surface area contributed by atoms with E-state index in [9.17, 15) is 29.1 Å². The number of fused-ring (bicyclic) bond motifs is 2. The second kappa shape index (κ2) is 13.0. The maximum atomic E-state index is 14.3. The molecule has 1 saturated carbocycles. The first-order chi connectivity index (χ1) is 19.5. The Balaban J connectivity index is 2.06. The van der Waals surface area contributed by atoms with Gasteiger partial charge in [0.1, 0.15) is 23.3 Å². The van der Waals surface area contributed by atoms with E-state index in [1.807, 2.05) is 12.2 Å². The molecule has 12 heteroatoms. The maximum Gasteiger partial charge on any atom is 0.418 e. The molecule has 1 saturated heterocycles. The number of nitrogens with one attached hydrogen (secondary N) is 1. The van der Waals surface area contributed by atoms with E-state index in [4.69, 9.17) is 14.2 Å². The lowest BCUT2D eigenvalue weighted by Crippen LogP contribution is -2.60. The number of carbonyl (C=O) groups excluding carboxylic acids is 5. The number of aliphatic hydroxyl groups is 1. The number of ether oxygens (including phenoxy) is 3. The Labute approximate surface area is 248 Å². The zero-order valence-corrected chi connectivity index (χ0v) is 25.9. The molecule has 2 fully saturated rings. The SMILES string of the molecule is CCOC(=O)[C@@]12CC1/C=C\CCCCC[C@H](NC(=O)OC(C)(C)C)C(=O)N1C[C@H](O)C[C@H]1C(=O)N2C(=O)OC(C)(C)C. The lowest BCUT2D eigenvalue weighted by molar-refractivity contribution is -0.159. The summed E-state index contributed by atoms with van der Waals surface area (Å²) in [6, 6.07) is -2.30. The number of carbonyl (C=O) groups is 5. The summed E-state index contributed by atoms with van der Waals surface area (Å²) >= 11 is 0. The number of allylic oxidation sites excluding steroid dienone is 1. The van der Waals surface area contributed by atoms with Crippen LogP contribution in [0.4, 0.5) is 9.59 Å². The van der Waals surface area contributed by atoms with Gasteiger partial charge in [0.2, 0.25) is 5.91 Å². The number of esters is 1. The number of hydrogen-bond donors (Lipinski definition) is 2. The van der Waals surface area contributed by atoms with Gasteiger partial charge in [0.15, 0.2) is 5.54 Å². The van der Waals surface area contributed by atoms with Crippen LogP contribution in [0, 0.1) is 5.92 Å². The van der Waals surface area contributed by atoms with Gasteiger partial charge in [0.05, 0.1) is 12.7 Å². The topological polar surface area (TPSA) is 152 Å². The molecule has 0 aromatic rings. The van der Waals surface area contributed by atoms with Gasteiger partial charge in [-0.05, 0) is 74.1 Å². The van der Waals surface area contributed by atoms with Crippen molar-refractivity contribution < 1.29 is 43.3 Å². The molecule has 3 aliphatic rings. The Morgan fingerprint density at radius 3 is 2.31 bits per heavy atom. The molecular weight excluding hydrogens is 546 g/mol. The molecule has 1 aliphatic carbocycles. The molecule has 1 unspecified atom stereocenters. The zero-order valence-electron chi connectivity index (χ0n) is 25.9. The number of aliphatic hydroxyl groups excluding tert-OH is 1. The highest BCUT2D eigenvalue weighted by molar-refractivity contribution is 6.04. The predicted molar refractivity (Wildman–Crippen MR) is 152 cm³/mol. The van der Waals surface area contributed by atoms with Crippen LogP contribution in [0.25, 0.3) is 0 Å². The minimum atomic E-state index is -1.64. The molecule has 12 nitrogen and oxygen atoms in total. The molecule has 42 heavy (non-hydrogen) atoms. The van der Waals surface area contributed by atoms with Crippen LogP contribution >= 0.6 is 0 Å². The van der Waals surface area contributed by atoms with Gasteiger partial charge < -0.3 is 29.5 Å². The summed E-state index contributed by atoms with van der Waals surface area (Å²) < 4.78 is 16.3. The van der Waals surface area contributed by atoms with Crippen LogP contribution < -0.4 is 5.32 Å². The van der Waals surface area contributed by atoms with Gasteiger partial charge in [0.25, 0.3) is 5.91 Å². The summed E-state index contributed by atoms with van der Waals surface area (Å²) in [4.78, 5) is 70.0. The van der Waals surface area contributed by atoms with E-state index in [2.05, 4.69) is 5.32 Å². The molecular formula is C30H47N3O9. The van der Waals surface area contributed by atoms with E-state index < -0.39 is 70.8 Å². The minimum Gasteiger partial charge on any atom is -0.464 e. The number of alkyl carbamates (subject to hydrolysis) is 1. The number of nitrogens with zero attached hydrogens (tertiary/aromatic N) is 2. The van der Waals surface area contributed by atoms with E-state index >= 15 is 0 Å². The molecule has 2 heterocycles. The van der Waals surface area contributed by atoms with Crippen LogP contribution in [0.3, 0.4) is 0 Å². The molecule has 236 valence electrons. The normalized spacial score (nSPS) is 29.8. The van der Waals surface area contributed by atoms with Gasteiger partial charge in [-0.3, -0.25) is 9.59 Å². The van der Waals surface area contributed by atoms with E-state index in [1.165, 1.54) is 4.90 Å². The van der Waals surface area contributed by atoms with Gasteiger partial charge >= 0.3 is 18.2 Å². The third-order valence-electron chi connectivity index (χ3n) is 7.38. The third kappa shape index (κ3) is 8.02. The van der Waals surface area contributed by atoms with E-state index in [0.717, 1.165) is 17.7 Å². The number of hydrogen-bond acceptors (Lipinski definition) is 9. The average Bonchev–Trinajstić information content (AvgIpc) is 3.42. The Hall–Kier alpha value is -3.15. The summed E-state index contributed by atoms with van der Waals surface area (Å²) in [5, 5.41) is 13.3. The van der Waals surface area contributed by atoms with Crippen LogP contribution in [0.1, 0.15) is 93.4 Å². The van der Waals surface area contributed by atoms with Crippen LogP contribution in [0.15, 0.2) is 12.2 Å². The fourth-order valence-electron chi connectivity index (χ4n) is 5.50. The molecule has 0 spiro atoms. The highest BCUT2D eigenvalue weighted by Crippen LogP contribution is 2.52. The Kier molecular flexibility index (Phi) is 10.3. The van der Waals surface area contributed by atoms with Crippen LogP contribution in [-0.2, 0) is 28.6 Å². The lowest BCUT2D eigenvalue weighted by Gasteiger charge is -2.36. The summed E-state index contributed by atoms with van der Waals surface area (Å²) in [6.07, 6.45) is 4.07. The van der Waals surface area contributed by atoms with Crippen molar-refractivity contribution >= 4 is 30.0 Å². The Morgan fingerprint density at radius 1 is 1.02 bits per heavy atom. The molecule has 3 rings (SSSR count). The number of amides is 4. The molecule has 4 amide bonds. The molecule has 2 aliphatic heterocycles. The van der Waals surface area contributed by atoms with Crippen molar-refractivity contribution in [1.82, 2.24) is 15.1 Å². The van der Waals surface area contributed by atoms with Crippen molar-refractivity contribution in [3.63, 3.8) is 0 Å². The standard InChI is InChI=1S/C30H47N3O9/c1-8-40-25(37)30-17-19(30)14-12-10-9-11-13-15-21(31-26(38)41-28(2,3)4)23(35)32-18-20(34)16-22(32)24(36)33(30)27(39)42-29(5,6)7/h12,14,19-22,34H,8-11,13,15-18H2,1-7H3,(H,31,38)/b14-12-/t19?,20-,21+,22+,30-/m1/s1. The predicted octanol–water partition coefficient (Wildman–Crippen LogP) is 3.45. The Bertz CT molecular complexity index is 1080. The summed E-state index contributed by atoms with van der Waals surface area (Å²) in [6.45, 7) is 11.6. The van der Waals surface area contributed by atoms with E-state index in [0.29, 0.717) is 19.3 Å². The fraction of sp³-hybridized carbons (Fsp3) is 0.767. The van der Waals surface area contributed by atoms with E-state index in [-0.39, 0.29) is 26.0 Å². The highest BCUT2D eigenvalue weighted by Gasteiger charge is 2.69. The van der Waals surface area contributed by atoms with Crippen molar-refractivity contribution in [2.24, 2.45) is 5.92 Å². The maximum absolute atomic E-state index is 14.3. The first-order valence-corrected chi connectivity index (χ1v) is 14.9. The van der Waals surface area contributed by atoms with Crippen LogP contribution in [0.2, 0.25) is 0 Å². The second-order valence-corrected chi connectivity index (χ2v) is 13.3. The monoisotopic (exact) mass is 593 g/mol. The van der Waals surface area contributed by atoms with Crippen molar-refractivity contribution in [2.45, 2.75) is 128 Å². The zero-order chi connectivity index (χ0) is 31.5.